The van der Waals surface area contributed by atoms with Crippen molar-refractivity contribution in [2.45, 2.75) is 19.9 Å². The van der Waals surface area contributed by atoms with Gasteiger partial charge in [0, 0.05) is 0 Å². The van der Waals surface area contributed by atoms with E-state index in [1.807, 2.05) is 0 Å². The first-order valence-electron chi connectivity index (χ1n) is 4.18. The minimum Gasteiger partial charge on any atom is -0.480 e. The molecule has 0 bridgehead atoms. The zero-order valence-electron chi connectivity index (χ0n) is 8.04. The van der Waals surface area contributed by atoms with Crippen LogP contribution in [0.4, 0.5) is 4.39 Å². The van der Waals surface area contributed by atoms with Crippen LogP contribution in [0.25, 0.3) is 0 Å². The molecule has 0 spiro atoms. The van der Waals surface area contributed by atoms with Gasteiger partial charge in [0.15, 0.2) is 0 Å². The molecule has 14 heavy (non-hydrogen) atoms. The number of carbonyl (C=O) groups is 1. The summed E-state index contributed by atoms with van der Waals surface area (Å²) in [5.41, 5.74) is 6.70. The Kier molecular flexibility index (Phi) is 2.86. The summed E-state index contributed by atoms with van der Waals surface area (Å²) in [6, 6.07) is 1.79. The molecule has 76 valence electrons. The minimum absolute atomic E-state index is 0.297. The summed E-state index contributed by atoms with van der Waals surface area (Å²) in [5, 5.41) is 8.69. The van der Waals surface area contributed by atoms with E-state index < -0.39 is 17.8 Å². The number of hydrogen-bond donors (Lipinski definition) is 2. The third-order valence-electron chi connectivity index (χ3n) is 2.13. The molecule has 1 aromatic rings. The fourth-order valence-electron chi connectivity index (χ4n) is 1.30. The molecular formula is C10H12FNO2. The predicted octanol–water partition coefficient (Wildman–Crippen LogP) is 1.53. The Balaban J connectivity index is 3.26. The summed E-state index contributed by atoms with van der Waals surface area (Å²) >= 11 is 0. The van der Waals surface area contributed by atoms with E-state index in [4.69, 9.17) is 10.8 Å². The maximum Gasteiger partial charge on any atom is 0.325 e. The van der Waals surface area contributed by atoms with E-state index >= 15 is 0 Å². The SMILES string of the molecule is Cc1cc(F)c(C)c(C(N)C(=O)O)c1. The summed E-state index contributed by atoms with van der Waals surface area (Å²) in [5.74, 6) is -1.57. The van der Waals surface area contributed by atoms with Gasteiger partial charge in [0.2, 0.25) is 0 Å². The number of aliphatic carboxylic acids is 1. The van der Waals surface area contributed by atoms with Crippen molar-refractivity contribution in [3.05, 3.63) is 34.6 Å². The molecule has 3 nitrogen and oxygen atoms in total. The molecule has 0 aliphatic carbocycles. The van der Waals surface area contributed by atoms with Crippen LogP contribution in [0.2, 0.25) is 0 Å². The van der Waals surface area contributed by atoms with Gasteiger partial charge in [-0.1, -0.05) is 6.07 Å². The van der Waals surface area contributed by atoms with Gasteiger partial charge < -0.3 is 10.8 Å². The van der Waals surface area contributed by atoms with E-state index in [-0.39, 0.29) is 0 Å². The molecule has 1 rings (SSSR count). The average molecular weight is 197 g/mol. The molecule has 4 heteroatoms. The van der Waals surface area contributed by atoms with E-state index in [0.717, 1.165) is 0 Å². The van der Waals surface area contributed by atoms with Crippen LogP contribution in [-0.2, 0) is 4.79 Å². The van der Waals surface area contributed by atoms with Gasteiger partial charge in [-0.15, -0.1) is 0 Å². The summed E-state index contributed by atoms with van der Waals surface area (Å²) < 4.78 is 13.2. The van der Waals surface area contributed by atoms with Crippen molar-refractivity contribution in [1.29, 1.82) is 0 Å². The van der Waals surface area contributed by atoms with Crippen molar-refractivity contribution in [3.63, 3.8) is 0 Å². The number of halogens is 1. The fourth-order valence-corrected chi connectivity index (χ4v) is 1.30. The number of rotatable bonds is 2. The van der Waals surface area contributed by atoms with Crippen molar-refractivity contribution < 1.29 is 14.3 Å². The predicted molar refractivity (Wildman–Crippen MR) is 50.4 cm³/mol. The van der Waals surface area contributed by atoms with Gasteiger partial charge in [0.1, 0.15) is 11.9 Å². The Morgan fingerprint density at radius 2 is 2.07 bits per heavy atom. The van der Waals surface area contributed by atoms with Crippen LogP contribution in [0.5, 0.6) is 0 Å². The maximum atomic E-state index is 13.2. The molecule has 0 aliphatic rings. The molecule has 1 atom stereocenters. The Hall–Kier alpha value is -1.42. The zero-order valence-corrected chi connectivity index (χ0v) is 8.04. The van der Waals surface area contributed by atoms with Crippen molar-refractivity contribution in [1.82, 2.24) is 0 Å². The van der Waals surface area contributed by atoms with Gasteiger partial charge >= 0.3 is 5.97 Å². The van der Waals surface area contributed by atoms with Gasteiger partial charge in [-0.25, -0.2) is 4.39 Å². The molecule has 0 saturated carbocycles. The average Bonchev–Trinajstić information content (AvgIpc) is 2.09. The minimum atomic E-state index is -1.16. The van der Waals surface area contributed by atoms with Crippen molar-refractivity contribution in [2.24, 2.45) is 5.73 Å². The third-order valence-corrected chi connectivity index (χ3v) is 2.13. The standard InChI is InChI=1S/C10H12FNO2/c1-5-3-7(9(12)10(13)14)6(2)8(11)4-5/h3-4,9H,12H2,1-2H3,(H,13,14). The quantitative estimate of drug-likeness (QED) is 0.755. The van der Waals surface area contributed by atoms with Gasteiger partial charge in [-0.2, -0.15) is 0 Å². The van der Waals surface area contributed by atoms with Crippen LogP contribution in [0.1, 0.15) is 22.7 Å². The van der Waals surface area contributed by atoms with Crippen LogP contribution < -0.4 is 5.73 Å². The Bertz CT molecular complexity index is 377. The highest BCUT2D eigenvalue weighted by atomic mass is 19.1. The first-order chi connectivity index (χ1) is 6.43. The lowest BCUT2D eigenvalue weighted by molar-refractivity contribution is -0.138. The highest BCUT2D eigenvalue weighted by Gasteiger charge is 2.18. The monoisotopic (exact) mass is 197 g/mol. The Morgan fingerprint density at radius 3 is 2.57 bits per heavy atom. The molecule has 1 aromatic carbocycles. The molecule has 0 saturated heterocycles. The molecule has 0 aliphatic heterocycles. The summed E-state index contributed by atoms with van der Waals surface area (Å²) in [4.78, 5) is 10.6. The topological polar surface area (TPSA) is 63.3 Å². The number of carboxylic acids is 1. The lowest BCUT2D eigenvalue weighted by atomic mass is 9.99. The first-order valence-corrected chi connectivity index (χ1v) is 4.18. The molecule has 0 radical (unpaired) electrons. The summed E-state index contributed by atoms with van der Waals surface area (Å²) in [7, 11) is 0. The van der Waals surface area contributed by atoms with E-state index in [1.54, 1.807) is 13.0 Å². The van der Waals surface area contributed by atoms with Gasteiger partial charge in [-0.05, 0) is 36.6 Å². The number of aryl methyl sites for hydroxylation is 1. The Labute approximate surface area is 81.4 Å². The van der Waals surface area contributed by atoms with E-state index in [1.165, 1.54) is 13.0 Å². The summed E-state index contributed by atoms with van der Waals surface area (Å²) in [6.07, 6.45) is 0. The van der Waals surface area contributed by atoms with Crippen LogP contribution in [0.3, 0.4) is 0 Å². The van der Waals surface area contributed by atoms with Crippen LogP contribution in [0.15, 0.2) is 12.1 Å². The fraction of sp³-hybridized carbons (Fsp3) is 0.300. The van der Waals surface area contributed by atoms with Gasteiger partial charge in [-0.3, -0.25) is 4.79 Å². The molecule has 0 aromatic heterocycles. The summed E-state index contributed by atoms with van der Waals surface area (Å²) in [6.45, 7) is 3.22. The smallest absolute Gasteiger partial charge is 0.325 e. The molecule has 0 amide bonds. The highest BCUT2D eigenvalue weighted by molar-refractivity contribution is 5.75. The number of benzene rings is 1. The number of hydrogen-bond acceptors (Lipinski definition) is 2. The zero-order chi connectivity index (χ0) is 10.9. The van der Waals surface area contributed by atoms with Crippen molar-refractivity contribution >= 4 is 5.97 Å². The molecule has 0 fully saturated rings. The van der Waals surface area contributed by atoms with E-state index in [2.05, 4.69) is 0 Å². The van der Waals surface area contributed by atoms with Gasteiger partial charge in [0.05, 0.1) is 0 Å². The number of carboxylic acid groups (broad SMARTS) is 1. The molecule has 1 unspecified atom stereocenters. The van der Waals surface area contributed by atoms with Crippen LogP contribution in [0, 0.1) is 19.7 Å². The Morgan fingerprint density at radius 1 is 1.50 bits per heavy atom. The van der Waals surface area contributed by atoms with E-state index in [0.29, 0.717) is 16.7 Å². The van der Waals surface area contributed by atoms with Crippen LogP contribution >= 0.6 is 0 Å². The van der Waals surface area contributed by atoms with Crippen molar-refractivity contribution in [2.75, 3.05) is 0 Å². The van der Waals surface area contributed by atoms with Crippen LogP contribution in [-0.4, -0.2) is 11.1 Å². The van der Waals surface area contributed by atoms with Crippen molar-refractivity contribution in [3.8, 4) is 0 Å². The molecule has 0 heterocycles. The lowest BCUT2D eigenvalue weighted by Gasteiger charge is -2.11. The number of nitrogens with two attached hydrogens (primary N) is 1. The second-order valence-corrected chi connectivity index (χ2v) is 3.28. The largest absolute Gasteiger partial charge is 0.480 e. The highest BCUT2D eigenvalue weighted by Crippen LogP contribution is 2.20. The lowest BCUT2D eigenvalue weighted by Crippen LogP contribution is -2.22. The first kappa shape index (κ1) is 10.7. The second kappa shape index (κ2) is 3.75. The third kappa shape index (κ3) is 1.90. The molecular weight excluding hydrogens is 185 g/mol. The van der Waals surface area contributed by atoms with Gasteiger partial charge in [0.25, 0.3) is 0 Å². The molecule has 3 N–H and O–H groups in total. The second-order valence-electron chi connectivity index (χ2n) is 3.28. The van der Waals surface area contributed by atoms with E-state index in [9.17, 15) is 9.18 Å². The maximum absolute atomic E-state index is 13.2. The normalized spacial score (nSPS) is 12.6.